The van der Waals surface area contributed by atoms with Crippen LogP contribution in [0.5, 0.6) is 0 Å². The minimum atomic E-state index is 0. The van der Waals surface area contributed by atoms with Gasteiger partial charge in [-0.25, -0.2) is 0 Å². The molecule has 0 heterocycles. The second-order valence-electron chi connectivity index (χ2n) is 0. The van der Waals surface area contributed by atoms with E-state index in [9.17, 15) is 0 Å². The summed E-state index contributed by atoms with van der Waals surface area (Å²) >= 11 is 0. The zero-order chi connectivity index (χ0) is 0. The molecular weight excluding hydrogens is 365 g/mol. The summed E-state index contributed by atoms with van der Waals surface area (Å²) in [6.07, 6.45) is 0. The first-order valence-electron chi connectivity index (χ1n) is 0. The third-order valence-electron chi connectivity index (χ3n) is 0. The second kappa shape index (κ2) is 16.4. The minimum absolute atomic E-state index is 0. The van der Waals surface area contributed by atoms with Crippen molar-refractivity contribution in [2.24, 2.45) is 0 Å². The SMILES string of the molecule is Cl.I.[Ba+2].[H-].[H-].[Zn]. The van der Waals surface area contributed by atoms with Crippen molar-refractivity contribution in [1.82, 2.24) is 0 Å². The van der Waals surface area contributed by atoms with E-state index >= 15 is 0 Å². The molecule has 0 bridgehead atoms. The number of halogens is 2. The Morgan fingerprint density at radius 2 is 1.25 bits per heavy atom. The maximum atomic E-state index is 0. The summed E-state index contributed by atoms with van der Waals surface area (Å²) in [6.45, 7) is 0. The van der Waals surface area contributed by atoms with Crippen molar-refractivity contribution in [3.63, 3.8) is 0 Å². The van der Waals surface area contributed by atoms with Crippen LogP contribution in [0, 0.1) is 0 Å². The van der Waals surface area contributed by atoms with Crippen molar-refractivity contribution in [1.29, 1.82) is 0 Å². The molecule has 0 aliphatic carbocycles. The van der Waals surface area contributed by atoms with Gasteiger partial charge in [-0.15, -0.1) is 36.4 Å². The molecule has 0 aromatic rings. The van der Waals surface area contributed by atoms with E-state index in [1.165, 1.54) is 0 Å². The summed E-state index contributed by atoms with van der Waals surface area (Å²) in [7, 11) is 0. The van der Waals surface area contributed by atoms with Crippen LogP contribution >= 0.6 is 36.4 Å². The fraction of sp³-hybridized carbons (Fsp3) is 0. The van der Waals surface area contributed by atoms with Crippen LogP contribution in [-0.2, 0) is 19.5 Å². The maximum absolute atomic E-state index is 0. The van der Waals surface area contributed by atoms with Crippen LogP contribution in [0.15, 0.2) is 0 Å². The molecule has 0 saturated carbocycles. The Morgan fingerprint density at radius 1 is 1.25 bits per heavy atom. The summed E-state index contributed by atoms with van der Waals surface area (Å²) in [5, 5.41) is 0. The topological polar surface area (TPSA) is 0 Å². The van der Waals surface area contributed by atoms with Crippen molar-refractivity contribution in [2.75, 3.05) is 0 Å². The molecule has 22 valence electrons. The summed E-state index contributed by atoms with van der Waals surface area (Å²) < 4.78 is 0. The van der Waals surface area contributed by atoms with E-state index in [-0.39, 0.29) is 108 Å². The largest absolute Gasteiger partial charge is 2.00 e. The molecule has 0 aliphatic heterocycles. The fourth-order valence-electron chi connectivity index (χ4n) is 0. The average Bonchev–Trinajstić information content (AvgIpc) is 0. The molecule has 0 rings (SSSR count). The van der Waals surface area contributed by atoms with Crippen molar-refractivity contribution >= 4 is 85.3 Å². The molecule has 0 unspecified atom stereocenters. The Balaban J connectivity index is 0. The number of hydrogen-bond donors (Lipinski definition) is 0. The first kappa shape index (κ1) is 27.0. The molecule has 0 saturated heterocycles. The van der Waals surface area contributed by atoms with E-state index in [0.717, 1.165) is 0 Å². The zero-order valence-electron chi connectivity index (χ0n) is 4.23. The summed E-state index contributed by atoms with van der Waals surface area (Å²) in [4.78, 5) is 0. The van der Waals surface area contributed by atoms with Gasteiger partial charge in [-0.1, -0.05) is 0 Å². The van der Waals surface area contributed by atoms with Gasteiger partial charge < -0.3 is 2.85 Å². The van der Waals surface area contributed by atoms with Crippen LogP contribution < -0.4 is 0 Å². The molecule has 0 aromatic carbocycles. The molecule has 0 spiro atoms. The van der Waals surface area contributed by atoms with Gasteiger partial charge >= 0.3 is 48.9 Å². The van der Waals surface area contributed by atoms with Crippen molar-refractivity contribution < 1.29 is 22.3 Å². The molecular formula is H4BaClIZn. The Morgan fingerprint density at radius 3 is 1.25 bits per heavy atom. The molecule has 4 heteroatoms. The summed E-state index contributed by atoms with van der Waals surface area (Å²) in [6, 6.07) is 0. The molecule has 0 amide bonds. The van der Waals surface area contributed by atoms with E-state index in [4.69, 9.17) is 0 Å². The second-order valence-corrected chi connectivity index (χ2v) is 0. The molecule has 0 radical (unpaired) electrons. The summed E-state index contributed by atoms with van der Waals surface area (Å²) in [5.41, 5.74) is 0. The minimum Gasteiger partial charge on any atom is -1.00 e. The monoisotopic (exact) mass is 368 g/mol. The van der Waals surface area contributed by atoms with Crippen molar-refractivity contribution in [3.8, 4) is 0 Å². The fourth-order valence-corrected chi connectivity index (χ4v) is 0. The summed E-state index contributed by atoms with van der Waals surface area (Å²) in [5.74, 6) is 0. The van der Waals surface area contributed by atoms with Gasteiger partial charge in [0.2, 0.25) is 0 Å². The van der Waals surface area contributed by atoms with Gasteiger partial charge in [-0.2, -0.15) is 0 Å². The van der Waals surface area contributed by atoms with E-state index in [1.54, 1.807) is 0 Å². The Kier molecular flexibility index (Phi) is 110. The van der Waals surface area contributed by atoms with Gasteiger partial charge in [0, 0.05) is 19.5 Å². The van der Waals surface area contributed by atoms with Gasteiger partial charge in [0.05, 0.1) is 0 Å². The Labute approximate surface area is 105 Å². The van der Waals surface area contributed by atoms with Crippen LogP contribution in [0.3, 0.4) is 0 Å². The zero-order valence-corrected chi connectivity index (χ0v) is 12.8. The first-order chi connectivity index (χ1) is 0. The van der Waals surface area contributed by atoms with Gasteiger partial charge in [0.25, 0.3) is 0 Å². The molecule has 0 aliphatic rings. The number of hydrogen-bond acceptors (Lipinski definition) is 0. The van der Waals surface area contributed by atoms with E-state index in [0.29, 0.717) is 0 Å². The normalized spacial score (nSPS) is 0. The predicted octanol–water partition coefficient (Wildman–Crippen LogP) is 0.882. The van der Waals surface area contributed by atoms with Gasteiger partial charge in [0.1, 0.15) is 0 Å². The third kappa shape index (κ3) is 8.96. The molecule has 0 nitrogen and oxygen atoms in total. The van der Waals surface area contributed by atoms with Gasteiger partial charge in [0.15, 0.2) is 0 Å². The van der Waals surface area contributed by atoms with Crippen LogP contribution in [0.1, 0.15) is 2.85 Å². The average molecular weight is 369 g/mol. The van der Waals surface area contributed by atoms with Crippen LogP contribution in [0.4, 0.5) is 0 Å². The van der Waals surface area contributed by atoms with E-state index in [1.807, 2.05) is 0 Å². The Hall–Kier alpha value is 3.21. The molecule has 0 aromatic heterocycles. The smallest absolute Gasteiger partial charge is 1.00 e. The molecule has 0 atom stereocenters. The van der Waals surface area contributed by atoms with Crippen molar-refractivity contribution in [2.45, 2.75) is 0 Å². The van der Waals surface area contributed by atoms with Crippen molar-refractivity contribution in [3.05, 3.63) is 0 Å². The van der Waals surface area contributed by atoms with E-state index < -0.39 is 0 Å². The Bertz CT molecular complexity index is 13.5. The predicted molar refractivity (Wildman–Crippen MR) is 30.6 cm³/mol. The number of rotatable bonds is 0. The van der Waals surface area contributed by atoms with Crippen LogP contribution in [-0.4, -0.2) is 48.9 Å². The van der Waals surface area contributed by atoms with Gasteiger partial charge in [-0.3, -0.25) is 0 Å². The van der Waals surface area contributed by atoms with E-state index in [2.05, 4.69) is 0 Å². The van der Waals surface area contributed by atoms with Crippen LogP contribution in [0.25, 0.3) is 0 Å². The first-order valence-corrected chi connectivity index (χ1v) is 0. The molecule has 4 heavy (non-hydrogen) atoms. The molecule has 0 N–H and O–H groups in total. The molecule has 0 fully saturated rings. The quantitative estimate of drug-likeness (QED) is 0.440. The third-order valence-corrected chi connectivity index (χ3v) is 0. The standard InChI is InChI=1S/Ba.ClH.HI.Zn.2H/h;2*1H;;;/q+2;;;;2*-1. The van der Waals surface area contributed by atoms with Gasteiger partial charge in [-0.05, 0) is 0 Å². The maximum Gasteiger partial charge on any atom is 2.00 e. The van der Waals surface area contributed by atoms with Crippen LogP contribution in [0.2, 0.25) is 0 Å².